The monoisotopic (exact) mass is 378 g/mol. The summed E-state index contributed by atoms with van der Waals surface area (Å²) in [6.07, 6.45) is 5.77. The predicted octanol–water partition coefficient (Wildman–Crippen LogP) is 4.13. The molecule has 3 aromatic rings. The number of rotatable bonds is 3. The molecule has 0 aliphatic heterocycles. The van der Waals surface area contributed by atoms with Gasteiger partial charge in [0.05, 0.1) is 10.7 Å². The Morgan fingerprint density at radius 2 is 2.19 bits per heavy atom. The van der Waals surface area contributed by atoms with E-state index in [1.807, 2.05) is 19.1 Å². The Hall–Kier alpha value is -3.17. The van der Waals surface area contributed by atoms with Gasteiger partial charge in [-0.2, -0.15) is 0 Å². The minimum Gasteiger partial charge on any atom is -0.397 e. The Balaban J connectivity index is 1.75. The summed E-state index contributed by atoms with van der Waals surface area (Å²) >= 11 is 6.51. The maximum absolute atomic E-state index is 12.2. The van der Waals surface area contributed by atoms with Gasteiger partial charge in [0.25, 0.3) is 12.6 Å². The molecule has 0 radical (unpaired) electrons. The Bertz CT molecular complexity index is 1120. The van der Waals surface area contributed by atoms with E-state index < -0.39 is 0 Å². The number of nitrogens with one attached hydrogen (secondary N) is 1. The Morgan fingerprint density at radius 3 is 2.89 bits per heavy atom. The molecule has 134 valence electrons. The predicted molar refractivity (Wildman–Crippen MR) is 108 cm³/mol. The molecule has 0 spiro atoms. The summed E-state index contributed by atoms with van der Waals surface area (Å²) in [5, 5.41) is 4.83. The lowest BCUT2D eigenvalue weighted by atomic mass is 9.99. The van der Waals surface area contributed by atoms with E-state index in [9.17, 15) is 4.79 Å². The number of nitrogen functional groups attached to an aromatic ring is 1. The highest BCUT2D eigenvalue weighted by atomic mass is 35.5. The maximum Gasteiger partial charge on any atom is 0.285 e. The number of fused-ring (bicyclic) bond motifs is 1. The zero-order valence-corrected chi connectivity index (χ0v) is 15.4. The van der Waals surface area contributed by atoms with E-state index in [2.05, 4.69) is 20.1 Å². The lowest BCUT2D eigenvalue weighted by molar-refractivity contribution is -0.117. The minimum absolute atomic E-state index is 0.0972. The van der Waals surface area contributed by atoms with Crippen LogP contribution >= 0.6 is 11.6 Å². The average molecular weight is 379 g/mol. The van der Waals surface area contributed by atoms with Gasteiger partial charge in [0.1, 0.15) is 11.7 Å². The fourth-order valence-electron chi connectivity index (χ4n) is 3.15. The van der Waals surface area contributed by atoms with Crippen LogP contribution in [0.15, 0.2) is 36.8 Å². The number of hydrogen-bond acceptors (Lipinski definition) is 4. The Labute approximate surface area is 161 Å². The molecular formula is C20H17ClN5O+. The number of nitrogens with zero attached hydrogens (tertiary/aromatic N) is 3. The van der Waals surface area contributed by atoms with Gasteiger partial charge in [-0.25, -0.2) is 4.98 Å². The molecule has 0 unspecified atom stereocenters. The molecule has 1 aliphatic rings. The highest BCUT2D eigenvalue weighted by Gasteiger charge is 2.52. The molecule has 1 saturated carbocycles. The molecule has 7 heteroatoms. The summed E-state index contributed by atoms with van der Waals surface area (Å²) in [6, 6.07) is 5.54. The third-order valence-electron chi connectivity index (χ3n) is 4.86. The van der Waals surface area contributed by atoms with Crippen molar-refractivity contribution in [3.05, 3.63) is 52.2 Å². The largest absolute Gasteiger partial charge is 0.397 e. The molecule has 0 bridgehead atoms. The van der Waals surface area contributed by atoms with Crippen LogP contribution in [-0.2, 0) is 4.79 Å². The van der Waals surface area contributed by atoms with Crippen LogP contribution in [-0.4, -0.2) is 21.9 Å². The quantitative estimate of drug-likeness (QED) is 0.671. The summed E-state index contributed by atoms with van der Waals surface area (Å²) in [5.41, 5.74) is 9.43. The number of pyridine rings is 2. The smallest absolute Gasteiger partial charge is 0.285 e. The van der Waals surface area contributed by atoms with E-state index >= 15 is 0 Å². The van der Waals surface area contributed by atoms with Gasteiger partial charge in [-0.15, -0.1) is 0 Å². The third-order valence-corrected chi connectivity index (χ3v) is 5.27. The molecule has 2 atom stereocenters. The fourth-order valence-corrected chi connectivity index (χ4v) is 3.41. The van der Waals surface area contributed by atoms with Crippen molar-refractivity contribution >= 4 is 39.8 Å². The molecule has 6 nitrogen and oxygen atoms in total. The number of carbonyl (C=O) groups excluding carboxylic acids is 1. The van der Waals surface area contributed by atoms with E-state index in [1.165, 1.54) is 0 Å². The molecule has 2 aromatic heterocycles. The first-order chi connectivity index (χ1) is 13.0. The normalized spacial score (nSPS) is 18.1. The number of halogens is 1. The highest BCUT2D eigenvalue weighted by Crippen LogP contribution is 2.39. The zero-order chi connectivity index (χ0) is 19.1. The second kappa shape index (κ2) is 6.53. The molecule has 2 heterocycles. The first-order valence-corrected chi connectivity index (χ1v) is 8.87. The van der Waals surface area contributed by atoms with Crippen LogP contribution < -0.4 is 11.1 Å². The molecule has 0 saturated heterocycles. The van der Waals surface area contributed by atoms with Gasteiger partial charge < -0.3 is 11.1 Å². The standard InChI is InChI=1S/C20H16ClN5O/c1-10-3-4-24-8-14(10)12-5-11-6-17(25-9-15(11)19(22)18(12)21)26-20(27)13-7-16(13)23-2/h2-6,8-9,13,16H,7H2,1H3,(H2-,22,25,26,27)/p+1/t13-,16-/m0/s1. The summed E-state index contributed by atoms with van der Waals surface area (Å²) in [4.78, 5) is 24.3. The highest BCUT2D eigenvalue weighted by molar-refractivity contribution is 6.37. The van der Waals surface area contributed by atoms with Crippen molar-refractivity contribution in [1.29, 1.82) is 0 Å². The van der Waals surface area contributed by atoms with Gasteiger partial charge in [0, 0.05) is 41.5 Å². The number of carbonyl (C=O) groups is 1. The minimum atomic E-state index is -0.184. The van der Waals surface area contributed by atoms with Crippen LogP contribution in [0, 0.1) is 19.4 Å². The van der Waals surface area contributed by atoms with E-state index in [0.29, 0.717) is 22.9 Å². The average Bonchev–Trinajstić information content (AvgIpc) is 3.45. The van der Waals surface area contributed by atoms with Crippen LogP contribution in [0.25, 0.3) is 26.7 Å². The Kier molecular flexibility index (Phi) is 4.17. The molecule has 3 N–H and O–H groups in total. The number of nitrogens with two attached hydrogens (primary N) is 1. The lowest BCUT2D eigenvalue weighted by Crippen LogP contribution is -2.16. The van der Waals surface area contributed by atoms with Crippen molar-refractivity contribution in [2.75, 3.05) is 11.1 Å². The van der Waals surface area contributed by atoms with Crippen LogP contribution in [0.1, 0.15) is 12.0 Å². The summed E-state index contributed by atoms with van der Waals surface area (Å²) in [7, 11) is 0. The molecule has 1 aliphatic carbocycles. The van der Waals surface area contributed by atoms with E-state index in [0.717, 1.165) is 27.5 Å². The first-order valence-electron chi connectivity index (χ1n) is 8.49. The fraction of sp³-hybridized carbons (Fsp3) is 0.200. The van der Waals surface area contributed by atoms with Gasteiger partial charge in [0.15, 0.2) is 0 Å². The lowest BCUT2D eigenvalue weighted by Gasteiger charge is -2.13. The van der Waals surface area contributed by atoms with Gasteiger partial charge in [-0.1, -0.05) is 16.4 Å². The second-order valence-corrected chi connectivity index (χ2v) is 7.06. The topological polar surface area (TPSA) is 85.3 Å². The summed E-state index contributed by atoms with van der Waals surface area (Å²) in [6.45, 7) is 7.23. The van der Waals surface area contributed by atoms with Crippen molar-refractivity contribution in [3.63, 3.8) is 0 Å². The number of aryl methyl sites for hydroxylation is 1. The number of hydrogen-bond donors (Lipinski definition) is 2. The van der Waals surface area contributed by atoms with Crippen LogP contribution in [0.2, 0.25) is 5.02 Å². The number of benzene rings is 1. The van der Waals surface area contributed by atoms with E-state index in [4.69, 9.17) is 23.9 Å². The van der Waals surface area contributed by atoms with Crippen molar-refractivity contribution in [3.8, 4) is 17.7 Å². The molecule has 4 rings (SSSR count). The molecular weight excluding hydrogens is 362 g/mol. The zero-order valence-electron chi connectivity index (χ0n) is 14.6. The van der Waals surface area contributed by atoms with Crippen LogP contribution in [0.3, 0.4) is 0 Å². The molecule has 1 amide bonds. The number of aromatic nitrogens is 2. The molecule has 27 heavy (non-hydrogen) atoms. The van der Waals surface area contributed by atoms with Crippen LogP contribution in [0.5, 0.6) is 0 Å². The van der Waals surface area contributed by atoms with Crippen molar-refractivity contribution in [2.45, 2.75) is 19.4 Å². The summed E-state index contributed by atoms with van der Waals surface area (Å²) < 4.78 is 0. The van der Waals surface area contributed by atoms with Gasteiger partial charge >= 0.3 is 0 Å². The Morgan fingerprint density at radius 1 is 1.37 bits per heavy atom. The third kappa shape index (κ3) is 3.07. The number of amides is 1. The maximum atomic E-state index is 12.2. The van der Waals surface area contributed by atoms with E-state index in [1.54, 1.807) is 24.7 Å². The van der Waals surface area contributed by atoms with Gasteiger partial charge in [-0.05, 0) is 36.1 Å². The SMILES string of the molecule is C#[N+][C@H]1C[C@@H]1C(=O)Nc1cc2cc(-c3cnccc3C)c(Cl)c(N)c2cn1. The molecule has 1 fully saturated rings. The van der Waals surface area contributed by atoms with Crippen molar-refractivity contribution in [2.24, 2.45) is 5.92 Å². The second-order valence-electron chi connectivity index (χ2n) is 6.68. The summed E-state index contributed by atoms with van der Waals surface area (Å²) in [5.74, 6) is 0.133. The molecule has 1 aromatic carbocycles. The van der Waals surface area contributed by atoms with Gasteiger partial charge in [0.2, 0.25) is 5.91 Å². The van der Waals surface area contributed by atoms with Crippen molar-refractivity contribution < 1.29 is 4.79 Å². The first kappa shape index (κ1) is 17.3. The van der Waals surface area contributed by atoms with E-state index in [-0.39, 0.29) is 17.9 Å². The van der Waals surface area contributed by atoms with Crippen molar-refractivity contribution in [1.82, 2.24) is 9.97 Å². The van der Waals surface area contributed by atoms with Crippen LogP contribution in [0.4, 0.5) is 11.5 Å². The number of anilines is 2. The van der Waals surface area contributed by atoms with Gasteiger partial charge in [-0.3, -0.25) is 9.78 Å².